The maximum absolute atomic E-state index is 14.3. The lowest BCUT2D eigenvalue weighted by Gasteiger charge is -2.21. The molecular weight excluding hydrogens is 383 g/mol. The Kier molecular flexibility index (Phi) is 5.60. The molecule has 0 radical (unpaired) electrons. The summed E-state index contributed by atoms with van der Waals surface area (Å²) in [4.78, 5) is 0. The first-order valence-electron chi connectivity index (χ1n) is 6.27. The Labute approximate surface area is 140 Å². The molecule has 0 fully saturated rings. The highest BCUT2D eigenvalue weighted by Crippen LogP contribution is 2.35. The second kappa shape index (κ2) is 7.05. The van der Waals surface area contributed by atoms with E-state index >= 15 is 0 Å². The molecule has 0 amide bonds. The molecule has 6 heteroatoms. The molecule has 0 heterocycles. The van der Waals surface area contributed by atoms with Crippen molar-refractivity contribution in [1.82, 2.24) is 5.32 Å². The maximum Gasteiger partial charge on any atom is 0.129 e. The average Bonchev–Trinajstić information content (AvgIpc) is 2.42. The van der Waals surface area contributed by atoms with Crippen molar-refractivity contribution in [2.45, 2.75) is 13.0 Å². The van der Waals surface area contributed by atoms with E-state index in [2.05, 4.69) is 21.2 Å². The molecule has 2 aromatic rings. The monoisotopic (exact) mass is 393 g/mol. The van der Waals surface area contributed by atoms with Crippen LogP contribution in [0.25, 0.3) is 0 Å². The third-order valence-electron chi connectivity index (χ3n) is 3.05. The van der Waals surface area contributed by atoms with Gasteiger partial charge in [0.15, 0.2) is 0 Å². The number of halogens is 5. The molecule has 1 unspecified atom stereocenters. The highest BCUT2D eigenvalue weighted by molar-refractivity contribution is 9.10. The highest BCUT2D eigenvalue weighted by atomic mass is 79.9. The van der Waals surface area contributed by atoms with Gasteiger partial charge in [-0.25, -0.2) is 8.78 Å². The van der Waals surface area contributed by atoms with Crippen LogP contribution in [0.2, 0.25) is 10.0 Å². The van der Waals surface area contributed by atoms with Gasteiger partial charge in [-0.2, -0.15) is 0 Å². The standard InChI is InChI=1S/C15H12BrCl2F2N/c1-2-21-15(14-10(17)4-3-5-12(14)19)8-6-11(18)9(16)7-13(8)20/h3-7,15,21H,2H2,1H3. The summed E-state index contributed by atoms with van der Waals surface area (Å²) in [5.74, 6) is -0.983. The van der Waals surface area contributed by atoms with E-state index < -0.39 is 17.7 Å². The minimum atomic E-state index is -0.714. The number of hydrogen-bond donors (Lipinski definition) is 1. The van der Waals surface area contributed by atoms with Crippen molar-refractivity contribution in [2.24, 2.45) is 0 Å². The van der Waals surface area contributed by atoms with Gasteiger partial charge in [0, 0.05) is 20.6 Å². The third-order valence-corrected chi connectivity index (χ3v) is 4.57. The summed E-state index contributed by atoms with van der Waals surface area (Å²) in [5, 5.41) is 3.63. The van der Waals surface area contributed by atoms with E-state index in [1.807, 2.05) is 6.92 Å². The predicted molar refractivity (Wildman–Crippen MR) is 86.0 cm³/mol. The summed E-state index contributed by atoms with van der Waals surface area (Å²) < 4.78 is 28.8. The lowest BCUT2D eigenvalue weighted by molar-refractivity contribution is 0.530. The maximum atomic E-state index is 14.3. The Morgan fingerprint density at radius 3 is 2.48 bits per heavy atom. The van der Waals surface area contributed by atoms with E-state index in [0.29, 0.717) is 16.0 Å². The number of rotatable bonds is 4. The van der Waals surface area contributed by atoms with Crippen LogP contribution in [0.3, 0.4) is 0 Å². The van der Waals surface area contributed by atoms with Crippen LogP contribution in [0.5, 0.6) is 0 Å². The molecule has 1 nitrogen and oxygen atoms in total. The summed E-state index contributed by atoms with van der Waals surface area (Å²) >= 11 is 15.3. The van der Waals surface area contributed by atoms with Crippen LogP contribution in [0.15, 0.2) is 34.8 Å². The van der Waals surface area contributed by atoms with Crippen molar-refractivity contribution in [3.05, 3.63) is 67.6 Å². The lowest BCUT2D eigenvalue weighted by Crippen LogP contribution is -2.24. The van der Waals surface area contributed by atoms with Crippen LogP contribution < -0.4 is 5.32 Å². The van der Waals surface area contributed by atoms with Crippen LogP contribution in [0, 0.1) is 11.6 Å². The fraction of sp³-hybridized carbons (Fsp3) is 0.200. The van der Waals surface area contributed by atoms with Crippen molar-refractivity contribution in [2.75, 3.05) is 6.54 Å². The molecule has 2 aromatic carbocycles. The molecule has 0 saturated carbocycles. The van der Waals surface area contributed by atoms with Gasteiger partial charge in [0.25, 0.3) is 0 Å². The topological polar surface area (TPSA) is 12.0 Å². The summed E-state index contributed by atoms with van der Waals surface area (Å²) in [7, 11) is 0. The van der Waals surface area contributed by atoms with Gasteiger partial charge in [-0.1, -0.05) is 36.2 Å². The summed E-state index contributed by atoms with van der Waals surface area (Å²) in [6.45, 7) is 2.36. The van der Waals surface area contributed by atoms with Gasteiger partial charge in [-0.3, -0.25) is 0 Å². The minimum absolute atomic E-state index is 0.207. The fourth-order valence-electron chi connectivity index (χ4n) is 2.12. The molecule has 1 atom stereocenters. The van der Waals surface area contributed by atoms with Crippen LogP contribution in [0.1, 0.15) is 24.1 Å². The number of nitrogens with one attached hydrogen (secondary N) is 1. The van der Waals surface area contributed by atoms with E-state index in [4.69, 9.17) is 23.2 Å². The molecule has 0 aromatic heterocycles. The van der Waals surface area contributed by atoms with E-state index in [-0.39, 0.29) is 16.1 Å². The van der Waals surface area contributed by atoms with E-state index in [1.54, 1.807) is 6.07 Å². The first kappa shape index (κ1) is 16.7. The zero-order valence-electron chi connectivity index (χ0n) is 11.1. The Hall–Kier alpha value is -0.680. The molecule has 0 spiro atoms. The molecule has 1 N–H and O–H groups in total. The van der Waals surface area contributed by atoms with Crippen molar-refractivity contribution in [3.63, 3.8) is 0 Å². The zero-order chi connectivity index (χ0) is 15.6. The van der Waals surface area contributed by atoms with Gasteiger partial charge in [0.2, 0.25) is 0 Å². The molecule has 0 aliphatic rings. The van der Waals surface area contributed by atoms with Crippen molar-refractivity contribution >= 4 is 39.1 Å². The second-order valence-electron chi connectivity index (χ2n) is 4.41. The average molecular weight is 395 g/mol. The van der Waals surface area contributed by atoms with Gasteiger partial charge in [-0.05, 0) is 46.7 Å². The quantitative estimate of drug-likeness (QED) is 0.652. The largest absolute Gasteiger partial charge is 0.306 e. The molecule has 21 heavy (non-hydrogen) atoms. The SMILES string of the molecule is CCNC(c1cc(Cl)c(Br)cc1F)c1c(F)cccc1Cl. The lowest BCUT2D eigenvalue weighted by atomic mass is 9.97. The Morgan fingerprint density at radius 1 is 1.14 bits per heavy atom. The molecular formula is C15H12BrCl2F2N. The van der Waals surface area contributed by atoms with Crippen molar-refractivity contribution in [1.29, 1.82) is 0 Å². The van der Waals surface area contributed by atoms with Gasteiger partial charge in [0.05, 0.1) is 11.1 Å². The molecule has 0 aliphatic heterocycles. The van der Waals surface area contributed by atoms with Gasteiger partial charge < -0.3 is 5.32 Å². The molecule has 0 aliphatic carbocycles. The van der Waals surface area contributed by atoms with Crippen LogP contribution in [-0.2, 0) is 0 Å². The predicted octanol–water partition coefficient (Wildman–Crippen LogP) is 5.73. The minimum Gasteiger partial charge on any atom is -0.306 e. The van der Waals surface area contributed by atoms with Gasteiger partial charge in [0.1, 0.15) is 11.6 Å². The van der Waals surface area contributed by atoms with Gasteiger partial charge in [-0.15, -0.1) is 0 Å². The smallest absolute Gasteiger partial charge is 0.129 e. The summed E-state index contributed by atoms with van der Waals surface area (Å²) in [6, 6.07) is 6.39. The first-order chi connectivity index (χ1) is 9.95. The third kappa shape index (κ3) is 3.57. The first-order valence-corrected chi connectivity index (χ1v) is 7.82. The van der Waals surface area contributed by atoms with E-state index in [0.717, 1.165) is 0 Å². The summed E-state index contributed by atoms with van der Waals surface area (Å²) in [5.41, 5.74) is 0.454. The summed E-state index contributed by atoms with van der Waals surface area (Å²) in [6.07, 6.45) is 0. The number of benzene rings is 2. The molecule has 112 valence electrons. The van der Waals surface area contributed by atoms with E-state index in [1.165, 1.54) is 24.3 Å². The van der Waals surface area contributed by atoms with E-state index in [9.17, 15) is 8.78 Å². The van der Waals surface area contributed by atoms with Crippen LogP contribution in [0.4, 0.5) is 8.78 Å². The number of hydrogen-bond acceptors (Lipinski definition) is 1. The van der Waals surface area contributed by atoms with Gasteiger partial charge >= 0.3 is 0 Å². The Balaban J connectivity index is 2.62. The molecule has 0 bridgehead atoms. The Bertz CT molecular complexity index is 644. The molecule has 2 rings (SSSR count). The molecule has 0 saturated heterocycles. The normalized spacial score (nSPS) is 12.5. The van der Waals surface area contributed by atoms with Crippen LogP contribution in [-0.4, -0.2) is 6.54 Å². The van der Waals surface area contributed by atoms with Crippen molar-refractivity contribution < 1.29 is 8.78 Å². The van der Waals surface area contributed by atoms with Crippen molar-refractivity contribution in [3.8, 4) is 0 Å². The fourth-order valence-corrected chi connectivity index (χ4v) is 2.88. The Morgan fingerprint density at radius 2 is 1.86 bits per heavy atom. The highest BCUT2D eigenvalue weighted by Gasteiger charge is 2.23. The second-order valence-corrected chi connectivity index (χ2v) is 6.08. The van der Waals surface area contributed by atoms with Crippen LogP contribution >= 0.6 is 39.1 Å². The zero-order valence-corrected chi connectivity index (χ0v) is 14.2.